The van der Waals surface area contributed by atoms with Crippen molar-refractivity contribution in [2.45, 2.75) is 18.1 Å². The molecule has 1 aliphatic heterocycles. The van der Waals surface area contributed by atoms with Crippen LogP contribution >= 0.6 is 0 Å². The van der Waals surface area contributed by atoms with E-state index in [-0.39, 0.29) is 4.70 Å². The molecule has 0 amide bonds. The van der Waals surface area contributed by atoms with Gasteiger partial charge in [0.05, 0.1) is 0 Å². The van der Waals surface area contributed by atoms with E-state index in [1.54, 1.807) is 0 Å². The van der Waals surface area contributed by atoms with Crippen molar-refractivity contribution in [1.29, 1.82) is 0 Å². The Labute approximate surface area is 55.3 Å². The normalized spacial score (nSPS) is 34.4. The van der Waals surface area contributed by atoms with Crippen LogP contribution in [-0.2, 0) is 4.74 Å². The molecule has 0 bridgehead atoms. The zero-order chi connectivity index (χ0) is 8.21. The van der Waals surface area contributed by atoms with Crippen molar-refractivity contribution >= 4 is 0 Å². The van der Waals surface area contributed by atoms with E-state index in [1.807, 2.05) is 0 Å². The van der Waals surface area contributed by atoms with E-state index in [0.29, 0.717) is 0 Å². The molecule has 0 aromatic rings. The van der Waals surface area contributed by atoms with E-state index >= 15 is 0 Å². The van der Waals surface area contributed by atoms with Gasteiger partial charge in [-0.15, -0.1) is 0 Å². The molecule has 1 fully saturated rings. The maximum Gasteiger partial charge on any atom is 0.458 e. The van der Waals surface area contributed by atoms with Crippen LogP contribution in [0.3, 0.4) is 0 Å². The van der Waals surface area contributed by atoms with Gasteiger partial charge in [0.15, 0.2) is 0 Å². The summed E-state index contributed by atoms with van der Waals surface area (Å²) >= 11 is 0. The lowest BCUT2D eigenvalue weighted by molar-refractivity contribution is -0.231. The summed E-state index contributed by atoms with van der Waals surface area (Å²) in [7, 11) is 0. The van der Waals surface area contributed by atoms with Crippen molar-refractivity contribution in [2.75, 3.05) is 0 Å². The van der Waals surface area contributed by atoms with E-state index in [9.17, 15) is 26.3 Å². The summed E-state index contributed by atoms with van der Waals surface area (Å²) in [5.74, 6) is -4.75. The summed E-state index contributed by atoms with van der Waals surface area (Å²) in [4.78, 5) is 0. The van der Waals surface area contributed by atoms with Gasteiger partial charge in [-0.05, 0) is 0 Å². The molecule has 0 saturated carbocycles. The number of hydrogen-bond acceptors (Lipinski definition) is 1. The Balaban J connectivity index is 0.000001000. The van der Waals surface area contributed by atoms with Gasteiger partial charge in [-0.3, -0.25) is 9.44 Å². The number of epoxide rings is 1. The first kappa shape index (κ1) is 10.5. The second kappa shape index (κ2) is 1.99. The standard InChI is InChI=1S/C3F6O.FH/c4-1(2(5,6)7)3(8,9)10-1;/h;1H. The minimum atomic E-state index is -5.66. The van der Waals surface area contributed by atoms with Gasteiger partial charge < -0.3 is 0 Å². The lowest BCUT2D eigenvalue weighted by atomic mass is 10.4. The number of ether oxygens (including phenoxy) is 1. The third-order valence-corrected chi connectivity index (χ3v) is 0.966. The largest absolute Gasteiger partial charge is 0.458 e. The van der Waals surface area contributed by atoms with E-state index in [2.05, 4.69) is 4.74 Å². The molecule has 1 saturated heterocycles. The third kappa shape index (κ3) is 1.15. The highest BCUT2D eigenvalue weighted by Crippen LogP contribution is 2.60. The fourth-order valence-corrected chi connectivity index (χ4v) is 0.374. The smallest absolute Gasteiger partial charge is 0.269 e. The highest BCUT2D eigenvalue weighted by molar-refractivity contribution is 4.99. The Kier molecular flexibility index (Phi) is 1.90. The summed E-state index contributed by atoms with van der Waals surface area (Å²) in [6.07, 6.45) is -10.4. The van der Waals surface area contributed by atoms with E-state index in [0.717, 1.165) is 0 Å². The molecule has 0 aromatic heterocycles. The molecule has 0 N–H and O–H groups in total. The fourth-order valence-electron chi connectivity index (χ4n) is 0.374. The number of hydrogen-bond donors (Lipinski definition) is 0. The van der Waals surface area contributed by atoms with E-state index in [4.69, 9.17) is 0 Å². The number of halogens is 7. The van der Waals surface area contributed by atoms with Crippen LogP contribution in [0.2, 0.25) is 0 Å². The van der Waals surface area contributed by atoms with Gasteiger partial charge in [0.25, 0.3) is 0 Å². The topological polar surface area (TPSA) is 12.5 Å². The maximum absolute atomic E-state index is 11.7. The molecular weight excluding hydrogens is 185 g/mol. The minimum absolute atomic E-state index is 0. The molecule has 1 nitrogen and oxygen atoms in total. The summed E-state index contributed by atoms with van der Waals surface area (Å²) < 4.78 is 70.4. The number of alkyl halides is 6. The highest BCUT2D eigenvalue weighted by Gasteiger charge is 2.90. The molecule has 1 rings (SSSR count). The van der Waals surface area contributed by atoms with Gasteiger partial charge in [-0.2, -0.15) is 26.3 Å². The average Bonchev–Trinajstić information content (AvgIpc) is 2.05. The molecule has 0 aromatic carbocycles. The second-order valence-corrected chi connectivity index (χ2v) is 1.71. The van der Waals surface area contributed by atoms with Gasteiger partial charge in [0, 0.05) is 0 Å². The molecule has 1 atom stereocenters. The van der Waals surface area contributed by atoms with Crippen LogP contribution in [0.4, 0.5) is 31.0 Å². The molecule has 0 spiro atoms. The molecule has 0 aliphatic carbocycles. The Morgan fingerprint density at radius 1 is 1.00 bits per heavy atom. The lowest BCUT2D eigenvalue weighted by Crippen LogP contribution is -2.32. The fraction of sp³-hybridized carbons (Fsp3) is 1.00. The van der Waals surface area contributed by atoms with Crippen LogP contribution in [0.1, 0.15) is 0 Å². The quantitative estimate of drug-likeness (QED) is 0.416. The third-order valence-electron chi connectivity index (χ3n) is 0.966. The second-order valence-electron chi connectivity index (χ2n) is 1.71. The predicted octanol–water partition coefficient (Wildman–Crippen LogP) is 1.99. The van der Waals surface area contributed by atoms with Crippen LogP contribution in [0.5, 0.6) is 0 Å². The van der Waals surface area contributed by atoms with Crippen molar-refractivity contribution < 1.29 is 35.8 Å². The van der Waals surface area contributed by atoms with Crippen molar-refractivity contribution in [1.82, 2.24) is 0 Å². The van der Waals surface area contributed by atoms with Gasteiger partial charge in [-0.25, -0.2) is 0 Å². The van der Waals surface area contributed by atoms with Gasteiger partial charge in [-0.1, -0.05) is 0 Å². The van der Waals surface area contributed by atoms with Crippen LogP contribution in [0.25, 0.3) is 0 Å². The molecule has 1 unspecified atom stereocenters. The van der Waals surface area contributed by atoms with Gasteiger partial charge in [0.1, 0.15) is 0 Å². The number of rotatable bonds is 0. The van der Waals surface area contributed by atoms with Gasteiger partial charge in [0.2, 0.25) is 0 Å². The van der Waals surface area contributed by atoms with Crippen LogP contribution in [-0.4, -0.2) is 18.1 Å². The van der Waals surface area contributed by atoms with E-state index in [1.165, 1.54) is 0 Å². The minimum Gasteiger partial charge on any atom is -0.269 e. The summed E-state index contributed by atoms with van der Waals surface area (Å²) in [5.41, 5.74) is 0. The van der Waals surface area contributed by atoms with Gasteiger partial charge >= 0.3 is 18.1 Å². The zero-order valence-corrected chi connectivity index (χ0v) is 4.58. The summed E-state index contributed by atoms with van der Waals surface area (Å²) in [6.45, 7) is 0. The average molecular weight is 186 g/mol. The molecule has 11 heavy (non-hydrogen) atoms. The molecule has 0 radical (unpaired) electrons. The lowest BCUT2D eigenvalue weighted by Gasteiger charge is -2.04. The predicted molar refractivity (Wildman–Crippen MR) is 18.4 cm³/mol. The van der Waals surface area contributed by atoms with Crippen molar-refractivity contribution in [2.24, 2.45) is 0 Å². The Hall–Kier alpha value is -0.530. The van der Waals surface area contributed by atoms with E-state index < -0.39 is 18.1 Å². The maximum atomic E-state index is 11.7. The monoisotopic (exact) mass is 186 g/mol. The first-order valence-electron chi connectivity index (χ1n) is 2.04. The first-order chi connectivity index (χ1) is 4.21. The highest BCUT2D eigenvalue weighted by atomic mass is 19.4. The Morgan fingerprint density at radius 3 is 1.27 bits per heavy atom. The van der Waals surface area contributed by atoms with Crippen molar-refractivity contribution in [3.8, 4) is 0 Å². The van der Waals surface area contributed by atoms with Crippen molar-refractivity contribution in [3.05, 3.63) is 0 Å². The SMILES string of the molecule is F.FC(F)(F)C1(F)OC1(F)F. The summed E-state index contributed by atoms with van der Waals surface area (Å²) in [5, 5.41) is 0. The summed E-state index contributed by atoms with van der Waals surface area (Å²) in [6, 6.07) is 0. The van der Waals surface area contributed by atoms with Crippen LogP contribution < -0.4 is 0 Å². The zero-order valence-electron chi connectivity index (χ0n) is 4.58. The molecule has 1 heterocycles. The molecule has 1 aliphatic rings. The van der Waals surface area contributed by atoms with Crippen molar-refractivity contribution in [3.63, 3.8) is 0 Å². The molecular formula is C3HF7O. The molecule has 8 heteroatoms. The molecule has 68 valence electrons. The van der Waals surface area contributed by atoms with Crippen LogP contribution in [0, 0.1) is 0 Å². The van der Waals surface area contributed by atoms with Crippen LogP contribution in [0.15, 0.2) is 0 Å². The first-order valence-corrected chi connectivity index (χ1v) is 2.04. The Morgan fingerprint density at radius 2 is 1.27 bits per heavy atom. The Bertz CT molecular complexity index is 162.